The molecule has 1 aliphatic rings. The highest BCUT2D eigenvalue weighted by Gasteiger charge is 2.35. The Balaban J connectivity index is 1.55. The SMILES string of the molecule is CO/N=C(/CN1CCC(O)(c2ccccc2)CC1)C(CN(C)C(=O)c1ccccc1)c1ccc(Cl)c(Cl)c1. The van der Waals surface area contributed by atoms with E-state index < -0.39 is 5.60 Å². The molecule has 1 saturated heterocycles. The number of halogens is 2. The molecule has 3 aromatic carbocycles. The molecule has 1 N–H and O–H groups in total. The lowest BCUT2D eigenvalue weighted by Gasteiger charge is -2.39. The predicted molar refractivity (Wildman–Crippen MR) is 153 cm³/mol. The van der Waals surface area contributed by atoms with Crippen LogP contribution in [0.4, 0.5) is 0 Å². The first-order valence-electron chi connectivity index (χ1n) is 12.7. The average molecular weight is 555 g/mol. The minimum Gasteiger partial charge on any atom is -0.399 e. The zero-order valence-electron chi connectivity index (χ0n) is 21.7. The summed E-state index contributed by atoms with van der Waals surface area (Å²) in [5.74, 6) is -0.365. The molecule has 38 heavy (non-hydrogen) atoms. The third-order valence-electron chi connectivity index (χ3n) is 7.16. The van der Waals surface area contributed by atoms with Gasteiger partial charge in [0.2, 0.25) is 0 Å². The summed E-state index contributed by atoms with van der Waals surface area (Å²) in [5, 5.41) is 16.6. The van der Waals surface area contributed by atoms with Crippen LogP contribution in [0.25, 0.3) is 0 Å². The lowest BCUT2D eigenvalue weighted by molar-refractivity contribution is -0.0228. The van der Waals surface area contributed by atoms with Crippen molar-refractivity contribution in [2.45, 2.75) is 24.4 Å². The number of amides is 1. The third-order valence-corrected chi connectivity index (χ3v) is 7.90. The largest absolute Gasteiger partial charge is 0.399 e. The first-order valence-corrected chi connectivity index (χ1v) is 13.4. The van der Waals surface area contributed by atoms with E-state index in [1.807, 2.05) is 60.7 Å². The van der Waals surface area contributed by atoms with Gasteiger partial charge in [0.05, 0.1) is 21.4 Å². The van der Waals surface area contributed by atoms with Crippen molar-refractivity contribution in [2.24, 2.45) is 5.16 Å². The van der Waals surface area contributed by atoms with Crippen LogP contribution in [-0.4, -0.2) is 66.9 Å². The molecule has 6 nitrogen and oxygen atoms in total. The predicted octanol–water partition coefficient (Wildman–Crippen LogP) is 5.84. The average Bonchev–Trinajstić information content (AvgIpc) is 2.95. The molecule has 0 radical (unpaired) electrons. The monoisotopic (exact) mass is 553 g/mol. The Bertz CT molecular complexity index is 1250. The number of benzene rings is 3. The Morgan fingerprint density at radius 2 is 1.66 bits per heavy atom. The summed E-state index contributed by atoms with van der Waals surface area (Å²) in [7, 11) is 3.31. The topological polar surface area (TPSA) is 65.4 Å². The Morgan fingerprint density at radius 1 is 1.03 bits per heavy atom. The van der Waals surface area contributed by atoms with E-state index in [1.54, 1.807) is 30.1 Å². The molecule has 0 spiro atoms. The molecule has 1 amide bonds. The van der Waals surface area contributed by atoms with Gasteiger partial charge in [0, 0.05) is 44.7 Å². The van der Waals surface area contributed by atoms with Crippen molar-refractivity contribution < 1.29 is 14.7 Å². The van der Waals surface area contributed by atoms with Gasteiger partial charge in [-0.15, -0.1) is 0 Å². The van der Waals surface area contributed by atoms with E-state index in [0.717, 1.165) is 16.8 Å². The van der Waals surface area contributed by atoms with E-state index in [-0.39, 0.29) is 11.8 Å². The minimum absolute atomic E-state index is 0.0849. The summed E-state index contributed by atoms with van der Waals surface area (Å²) in [5.41, 5.74) is 2.37. The van der Waals surface area contributed by atoms with Crippen LogP contribution in [0.3, 0.4) is 0 Å². The molecule has 200 valence electrons. The van der Waals surface area contributed by atoms with Crippen molar-refractivity contribution in [3.05, 3.63) is 106 Å². The van der Waals surface area contributed by atoms with Gasteiger partial charge in [0.1, 0.15) is 7.11 Å². The lowest BCUT2D eigenvalue weighted by Crippen LogP contribution is -2.46. The van der Waals surface area contributed by atoms with Gasteiger partial charge in [0.25, 0.3) is 5.91 Å². The van der Waals surface area contributed by atoms with Crippen LogP contribution in [0.5, 0.6) is 0 Å². The summed E-state index contributed by atoms with van der Waals surface area (Å²) < 4.78 is 0. The first kappa shape index (κ1) is 28.1. The molecule has 1 heterocycles. The summed E-state index contributed by atoms with van der Waals surface area (Å²) in [6.45, 7) is 2.29. The number of hydrogen-bond acceptors (Lipinski definition) is 5. The molecule has 1 unspecified atom stereocenters. The van der Waals surface area contributed by atoms with Gasteiger partial charge < -0.3 is 14.8 Å². The molecule has 1 aliphatic heterocycles. The molecular weight excluding hydrogens is 521 g/mol. The fraction of sp³-hybridized carbons (Fsp3) is 0.333. The van der Waals surface area contributed by atoms with Crippen LogP contribution in [0.1, 0.15) is 40.2 Å². The van der Waals surface area contributed by atoms with Crippen LogP contribution in [0.2, 0.25) is 10.0 Å². The van der Waals surface area contributed by atoms with E-state index in [9.17, 15) is 9.90 Å². The summed E-state index contributed by atoms with van der Waals surface area (Å²) >= 11 is 12.6. The molecule has 0 aliphatic carbocycles. The highest BCUT2D eigenvalue weighted by Crippen LogP contribution is 2.33. The quantitative estimate of drug-likeness (QED) is 0.267. The maximum absolute atomic E-state index is 13.2. The zero-order valence-corrected chi connectivity index (χ0v) is 23.2. The number of nitrogens with zero attached hydrogens (tertiary/aromatic N) is 3. The Kier molecular flexibility index (Phi) is 9.44. The standard InChI is InChI=1S/C30H33Cl2N3O3/c1-34(29(36)22-9-5-3-6-10-22)20-25(23-13-14-26(31)27(32)19-23)28(33-38-2)21-35-17-15-30(37,16-18-35)24-11-7-4-8-12-24/h3-14,19,25,37H,15-18,20-21H2,1-2H3/b33-28-. The third kappa shape index (κ3) is 6.75. The van der Waals surface area contributed by atoms with E-state index in [4.69, 9.17) is 28.0 Å². The van der Waals surface area contributed by atoms with Gasteiger partial charge in [-0.1, -0.05) is 83.0 Å². The molecule has 8 heteroatoms. The molecule has 1 atom stereocenters. The Hall–Kier alpha value is -2.90. The maximum Gasteiger partial charge on any atom is 0.253 e. The molecule has 0 aromatic heterocycles. The lowest BCUT2D eigenvalue weighted by atomic mass is 9.84. The van der Waals surface area contributed by atoms with Crippen molar-refractivity contribution in [2.75, 3.05) is 40.3 Å². The smallest absolute Gasteiger partial charge is 0.253 e. The van der Waals surface area contributed by atoms with Crippen molar-refractivity contribution in [1.82, 2.24) is 9.80 Å². The highest BCUT2D eigenvalue weighted by atomic mass is 35.5. The molecule has 0 saturated carbocycles. The van der Waals surface area contributed by atoms with Crippen LogP contribution >= 0.6 is 23.2 Å². The molecule has 0 bridgehead atoms. The molecular formula is C30H33Cl2N3O3. The Labute approximate surface area is 234 Å². The number of oxime groups is 1. The highest BCUT2D eigenvalue weighted by molar-refractivity contribution is 6.42. The number of piperidine rings is 1. The van der Waals surface area contributed by atoms with Gasteiger partial charge in [-0.05, 0) is 48.2 Å². The molecule has 3 aromatic rings. The van der Waals surface area contributed by atoms with Crippen LogP contribution in [0, 0.1) is 0 Å². The second kappa shape index (κ2) is 12.8. The molecule has 4 rings (SSSR count). The second-order valence-electron chi connectivity index (χ2n) is 9.72. The number of hydrogen-bond donors (Lipinski definition) is 1. The summed E-state index contributed by atoms with van der Waals surface area (Å²) in [6.07, 6.45) is 1.22. The van der Waals surface area contributed by atoms with Gasteiger partial charge in [0.15, 0.2) is 0 Å². The van der Waals surface area contributed by atoms with Gasteiger partial charge >= 0.3 is 0 Å². The van der Waals surface area contributed by atoms with Crippen LogP contribution in [-0.2, 0) is 10.4 Å². The second-order valence-corrected chi connectivity index (χ2v) is 10.5. The normalized spacial score (nSPS) is 16.6. The summed E-state index contributed by atoms with van der Waals surface area (Å²) in [4.78, 5) is 22.4. The van der Waals surface area contributed by atoms with Gasteiger partial charge in [-0.3, -0.25) is 9.69 Å². The van der Waals surface area contributed by atoms with Crippen molar-refractivity contribution in [1.29, 1.82) is 0 Å². The summed E-state index contributed by atoms with van der Waals surface area (Å²) in [6, 6.07) is 24.5. The Morgan fingerprint density at radius 3 is 2.26 bits per heavy atom. The van der Waals surface area contributed by atoms with Crippen molar-refractivity contribution in [3.63, 3.8) is 0 Å². The van der Waals surface area contributed by atoms with E-state index in [0.29, 0.717) is 54.6 Å². The fourth-order valence-electron chi connectivity index (χ4n) is 4.96. The van der Waals surface area contributed by atoms with Crippen molar-refractivity contribution >= 4 is 34.8 Å². The number of aliphatic hydroxyl groups is 1. The van der Waals surface area contributed by atoms with Gasteiger partial charge in [-0.2, -0.15) is 0 Å². The molecule has 1 fully saturated rings. The number of likely N-dealkylation sites (tertiary alicyclic amines) is 1. The van der Waals surface area contributed by atoms with E-state index in [1.165, 1.54) is 7.11 Å². The maximum atomic E-state index is 13.2. The van der Waals surface area contributed by atoms with E-state index in [2.05, 4.69) is 10.1 Å². The zero-order chi connectivity index (χ0) is 27.1. The first-order chi connectivity index (χ1) is 18.3. The van der Waals surface area contributed by atoms with E-state index >= 15 is 0 Å². The van der Waals surface area contributed by atoms with Crippen molar-refractivity contribution in [3.8, 4) is 0 Å². The van der Waals surface area contributed by atoms with Crippen LogP contribution in [0.15, 0.2) is 84.0 Å². The number of rotatable bonds is 9. The fourth-order valence-corrected chi connectivity index (χ4v) is 5.26. The number of likely N-dealkylation sites (N-methyl/N-ethyl adjacent to an activating group) is 1. The minimum atomic E-state index is -0.845. The van der Waals surface area contributed by atoms with Gasteiger partial charge in [-0.25, -0.2) is 0 Å². The number of carbonyl (C=O) groups is 1. The number of carbonyl (C=O) groups excluding carboxylic acids is 1. The van der Waals surface area contributed by atoms with Crippen LogP contribution < -0.4 is 0 Å².